The summed E-state index contributed by atoms with van der Waals surface area (Å²) >= 11 is 0. The van der Waals surface area contributed by atoms with Crippen molar-refractivity contribution in [2.24, 2.45) is 20.0 Å². The van der Waals surface area contributed by atoms with Gasteiger partial charge in [-0.05, 0) is 62.3 Å². The van der Waals surface area contributed by atoms with Crippen molar-refractivity contribution in [3.8, 4) is 22.9 Å². The van der Waals surface area contributed by atoms with E-state index in [9.17, 15) is 9.59 Å². The second-order valence-electron chi connectivity index (χ2n) is 9.23. The van der Waals surface area contributed by atoms with Gasteiger partial charge in [-0.25, -0.2) is 4.79 Å². The van der Waals surface area contributed by atoms with Gasteiger partial charge < -0.3 is 19.3 Å². The Balaban J connectivity index is 1.17. The Morgan fingerprint density at radius 2 is 1.76 bits per heavy atom. The fourth-order valence-corrected chi connectivity index (χ4v) is 4.79. The monoisotopic (exact) mass is 506 g/mol. The number of carbonyl (C=O) groups is 1. The Morgan fingerprint density at radius 1 is 1.03 bits per heavy atom. The summed E-state index contributed by atoms with van der Waals surface area (Å²) in [7, 11) is 6.64. The second-order valence-corrected chi connectivity index (χ2v) is 9.23. The molecule has 1 amide bonds. The maximum absolute atomic E-state index is 12.9. The van der Waals surface area contributed by atoms with Crippen LogP contribution in [0.3, 0.4) is 0 Å². The van der Waals surface area contributed by atoms with Gasteiger partial charge in [-0.1, -0.05) is 5.16 Å². The van der Waals surface area contributed by atoms with E-state index in [1.807, 2.05) is 30.3 Å². The number of ether oxygens (including phenoxy) is 2. The minimum absolute atomic E-state index is 0.00605. The lowest BCUT2D eigenvalue weighted by atomic mass is 9.96. The summed E-state index contributed by atoms with van der Waals surface area (Å²) in [5.74, 6) is 2.14. The molecule has 2 aromatic carbocycles. The maximum Gasteiger partial charge on any atom is 0.328 e. The first-order valence-electron chi connectivity index (χ1n) is 12.1. The third-order valence-corrected chi connectivity index (χ3v) is 6.97. The van der Waals surface area contributed by atoms with Crippen molar-refractivity contribution in [1.82, 2.24) is 24.2 Å². The number of amides is 1. The zero-order valence-corrected chi connectivity index (χ0v) is 21.4. The third kappa shape index (κ3) is 4.82. The van der Waals surface area contributed by atoms with Gasteiger partial charge in [0.25, 0.3) is 0 Å². The quantitative estimate of drug-likeness (QED) is 0.407. The average Bonchev–Trinajstić information content (AvgIpc) is 3.47. The number of nitrogens with one attached hydrogen (secondary N) is 1. The number of aryl methyl sites for hydroxylation is 2. The zero-order valence-electron chi connectivity index (χ0n) is 21.4. The van der Waals surface area contributed by atoms with Crippen molar-refractivity contribution in [2.75, 3.05) is 32.6 Å². The largest absolute Gasteiger partial charge is 0.493 e. The van der Waals surface area contributed by atoms with E-state index in [0.717, 1.165) is 42.5 Å². The fourth-order valence-electron chi connectivity index (χ4n) is 4.79. The summed E-state index contributed by atoms with van der Waals surface area (Å²) in [6.07, 6.45) is 1.46. The summed E-state index contributed by atoms with van der Waals surface area (Å²) in [5, 5.41) is 7.13. The predicted octanol–water partition coefficient (Wildman–Crippen LogP) is 2.79. The first-order valence-corrected chi connectivity index (χ1v) is 12.1. The van der Waals surface area contributed by atoms with Gasteiger partial charge in [-0.15, -0.1) is 0 Å². The van der Waals surface area contributed by atoms with Gasteiger partial charge in [-0.2, -0.15) is 4.98 Å². The zero-order chi connectivity index (χ0) is 26.1. The molecular formula is C26H30N6O5. The Hall–Kier alpha value is -4.12. The molecule has 3 heterocycles. The highest BCUT2D eigenvalue weighted by Gasteiger charge is 2.26. The minimum atomic E-state index is -0.0945. The van der Waals surface area contributed by atoms with Crippen molar-refractivity contribution in [3.05, 3.63) is 52.8 Å². The predicted molar refractivity (Wildman–Crippen MR) is 138 cm³/mol. The SMILES string of the molecule is COc1ccc(-c2noc(CN3CCC(C(=O)Nc4ccc5c(c4)n(C)c(=O)n5C)CC3)n2)cc1OC. The number of hydrogen-bond acceptors (Lipinski definition) is 8. The smallest absolute Gasteiger partial charge is 0.328 e. The van der Waals surface area contributed by atoms with Crippen LogP contribution in [0.5, 0.6) is 11.5 Å². The Bertz CT molecular complexity index is 1500. The summed E-state index contributed by atoms with van der Waals surface area (Å²) in [4.78, 5) is 31.8. The summed E-state index contributed by atoms with van der Waals surface area (Å²) in [5.41, 5.74) is 2.98. The standard InChI is InChI=1S/C26H30N6O5/c1-30-19-7-6-18(14-20(19)31(2)26(30)34)27-25(33)16-9-11-32(12-10-16)15-23-28-24(29-37-23)17-5-8-21(35-3)22(13-17)36-4/h5-8,13-14,16H,9-12,15H2,1-4H3,(H,27,33). The number of aromatic nitrogens is 4. The van der Waals surface area contributed by atoms with Gasteiger partial charge in [0.2, 0.25) is 17.6 Å². The number of benzene rings is 2. The summed E-state index contributed by atoms with van der Waals surface area (Å²) in [6, 6.07) is 11.0. The molecule has 1 N–H and O–H groups in total. The number of hydrogen-bond donors (Lipinski definition) is 1. The molecule has 0 saturated carbocycles. The number of carbonyl (C=O) groups excluding carboxylic acids is 1. The Kier molecular flexibility index (Phi) is 6.70. The summed E-state index contributed by atoms with van der Waals surface area (Å²) < 4.78 is 19.3. The molecule has 2 aromatic heterocycles. The van der Waals surface area contributed by atoms with Crippen LogP contribution in [0.1, 0.15) is 18.7 Å². The van der Waals surface area contributed by atoms with Gasteiger partial charge in [0.15, 0.2) is 11.5 Å². The number of piperidine rings is 1. The number of anilines is 1. The van der Waals surface area contributed by atoms with E-state index in [-0.39, 0.29) is 17.5 Å². The van der Waals surface area contributed by atoms with Gasteiger partial charge in [0, 0.05) is 31.3 Å². The molecule has 11 heteroatoms. The normalized spacial score (nSPS) is 14.7. The minimum Gasteiger partial charge on any atom is -0.493 e. The molecule has 0 atom stereocenters. The topological polar surface area (TPSA) is 117 Å². The van der Waals surface area contributed by atoms with Crippen molar-refractivity contribution in [2.45, 2.75) is 19.4 Å². The van der Waals surface area contributed by atoms with Crippen LogP contribution in [0.15, 0.2) is 45.7 Å². The molecule has 0 aliphatic carbocycles. The molecule has 0 bridgehead atoms. The van der Waals surface area contributed by atoms with Gasteiger partial charge in [0.1, 0.15) is 0 Å². The third-order valence-electron chi connectivity index (χ3n) is 6.97. The molecular weight excluding hydrogens is 476 g/mol. The van der Waals surface area contributed by atoms with Gasteiger partial charge in [-0.3, -0.25) is 18.8 Å². The number of methoxy groups -OCH3 is 2. The van der Waals surface area contributed by atoms with Crippen molar-refractivity contribution in [1.29, 1.82) is 0 Å². The van der Waals surface area contributed by atoms with Crippen molar-refractivity contribution < 1.29 is 18.8 Å². The number of nitrogens with zero attached hydrogens (tertiary/aromatic N) is 5. The fraction of sp³-hybridized carbons (Fsp3) is 0.385. The number of rotatable bonds is 7. The molecule has 5 rings (SSSR count). The number of likely N-dealkylation sites (tertiary alicyclic amines) is 1. The molecule has 1 aliphatic heterocycles. The van der Waals surface area contributed by atoms with E-state index >= 15 is 0 Å². The van der Waals surface area contributed by atoms with Crippen molar-refractivity contribution in [3.63, 3.8) is 0 Å². The molecule has 0 unspecified atom stereocenters. The lowest BCUT2D eigenvalue weighted by molar-refractivity contribution is -0.121. The highest BCUT2D eigenvalue weighted by Crippen LogP contribution is 2.31. The van der Waals surface area contributed by atoms with Crippen LogP contribution >= 0.6 is 0 Å². The van der Waals surface area contributed by atoms with Crippen LogP contribution in [0.25, 0.3) is 22.4 Å². The maximum atomic E-state index is 12.9. The van der Waals surface area contributed by atoms with Crippen LogP contribution in [-0.4, -0.2) is 57.4 Å². The lowest BCUT2D eigenvalue weighted by Crippen LogP contribution is -2.37. The van der Waals surface area contributed by atoms with Crippen LogP contribution in [0.4, 0.5) is 5.69 Å². The molecule has 37 heavy (non-hydrogen) atoms. The molecule has 4 aromatic rings. The first-order chi connectivity index (χ1) is 17.9. The average molecular weight is 507 g/mol. The van der Waals surface area contributed by atoms with E-state index in [4.69, 9.17) is 14.0 Å². The first kappa shape index (κ1) is 24.6. The molecule has 0 spiro atoms. The Morgan fingerprint density at radius 3 is 2.49 bits per heavy atom. The molecule has 1 saturated heterocycles. The van der Waals surface area contributed by atoms with E-state index in [2.05, 4.69) is 20.4 Å². The van der Waals surface area contributed by atoms with Crippen LogP contribution in [0, 0.1) is 5.92 Å². The molecule has 11 nitrogen and oxygen atoms in total. The van der Waals surface area contributed by atoms with Gasteiger partial charge in [0.05, 0.1) is 31.8 Å². The summed E-state index contributed by atoms with van der Waals surface area (Å²) in [6.45, 7) is 2.02. The second kappa shape index (κ2) is 10.1. The lowest BCUT2D eigenvalue weighted by Gasteiger charge is -2.30. The molecule has 0 radical (unpaired) electrons. The highest BCUT2D eigenvalue weighted by atomic mass is 16.5. The van der Waals surface area contributed by atoms with Gasteiger partial charge >= 0.3 is 5.69 Å². The Labute approximate surface area is 213 Å². The van der Waals surface area contributed by atoms with E-state index in [1.165, 1.54) is 0 Å². The molecule has 1 fully saturated rings. The van der Waals surface area contributed by atoms with Crippen LogP contribution in [0.2, 0.25) is 0 Å². The molecule has 194 valence electrons. The van der Waals surface area contributed by atoms with E-state index in [1.54, 1.807) is 43.5 Å². The van der Waals surface area contributed by atoms with Crippen LogP contribution < -0.4 is 20.5 Å². The number of imidazole rings is 1. The van der Waals surface area contributed by atoms with E-state index < -0.39 is 0 Å². The van der Waals surface area contributed by atoms with Crippen LogP contribution in [-0.2, 0) is 25.4 Å². The highest BCUT2D eigenvalue weighted by molar-refractivity contribution is 5.94. The van der Waals surface area contributed by atoms with E-state index in [0.29, 0.717) is 35.4 Å². The molecule has 1 aliphatic rings. The van der Waals surface area contributed by atoms with Crippen molar-refractivity contribution >= 4 is 22.6 Å². The number of fused-ring (bicyclic) bond motifs is 1.